The number of hydrogen-bond acceptors (Lipinski definition) is 9. The van der Waals surface area contributed by atoms with E-state index in [-0.39, 0.29) is 43.5 Å². The predicted molar refractivity (Wildman–Crippen MR) is 162 cm³/mol. The molecule has 0 heterocycles. The fourth-order valence-electron chi connectivity index (χ4n) is 3.90. The molecule has 0 aliphatic carbocycles. The number of ether oxygens (including phenoxy) is 4. The zero-order valence-corrected chi connectivity index (χ0v) is 26.0. The molecule has 244 valence electrons. The van der Waals surface area contributed by atoms with Crippen LogP contribution < -0.4 is 16.0 Å². The Morgan fingerprint density at radius 1 is 0.837 bits per heavy atom. The van der Waals surface area contributed by atoms with Crippen LogP contribution in [0, 0.1) is 0 Å². The molecule has 0 aliphatic rings. The van der Waals surface area contributed by atoms with Gasteiger partial charge in [-0.2, -0.15) is 0 Å². The fourth-order valence-corrected chi connectivity index (χ4v) is 3.90. The van der Waals surface area contributed by atoms with Gasteiger partial charge in [-0.1, -0.05) is 45.0 Å². The van der Waals surface area contributed by atoms with Crippen LogP contribution in [0.25, 0.3) is 0 Å². The molecule has 0 saturated heterocycles. The normalized spacial score (nSPS) is 12.1. The van der Waals surface area contributed by atoms with Gasteiger partial charge in [0, 0.05) is 19.5 Å². The van der Waals surface area contributed by atoms with Crippen molar-refractivity contribution in [3.8, 4) is 0 Å². The van der Waals surface area contributed by atoms with E-state index < -0.39 is 12.0 Å². The van der Waals surface area contributed by atoms with Crippen LogP contribution in [0.3, 0.4) is 0 Å². The molecule has 0 bridgehead atoms. The highest BCUT2D eigenvalue weighted by molar-refractivity contribution is 5.83. The Kier molecular flexibility index (Phi) is 20.9. The number of aldehydes is 1. The summed E-state index contributed by atoms with van der Waals surface area (Å²) in [6, 6.07) is 7.51. The third-order valence-electron chi connectivity index (χ3n) is 6.32. The van der Waals surface area contributed by atoms with E-state index in [9.17, 15) is 24.3 Å². The lowest BCUT2D eigenvalue weighted by molar-refractivity contribution is -0.142. The first-order chi connectivity index (χ1) is 20.6. The van der Waals surface area contributed by atoms with Gasteiger partial charge in [0.1, 0.15) is 25.5 Å². The Morgan fingerprint density at radius 2 is 1.49 bits per heavy atom. The molecule has 43 heavy (non-hydrogen) atoms. The summed E-state index contributed by atoms with van der Waals surface area (Å²) in [5, 5.41) is 18.0. The average Bonchev–Trinajstić information content (AvgIpc) is 2.96. The number of aryl methyl sites for hydroxylation is 1. The molecule has 1 rings (SSSR count). The summed E-state index contributed by atoms with van der Waals surface area (Å²) < 4.78 is 20.9. The van der Waals surface area contributed by atoms with Gasteiger partial charge >= 0.3 is 5.97 Å². The Labute approximate surface area is 255 Å². The molecular formula is C31H51N3O9. The number of amides is 2. The maximum Gasteiger partial charge on any atom is 0.326 e. The zero-order valence-electron chi connectivity index (χ0n) is 26.0. The van der Waals surface area contributed by atoms with Crippen molar-refractivity contribution >= 4 is 24.1 Å². The molecule has 0 radical (unpaired) electrons. The van der Waals surface area contributed by atoms with E-state index in [1.807, 2.05) is 0 Å². The first kappa shape index (κ1) is 38.1. The van der Waals surface area contributed by atoms with E-state index in [0.717, 1.165) is 12.0 Å². The molecule has 4 N–H and O–H groups in total. The Bertz CT molecular complexity index is 920. The van der Waals surface area contributed by atoms with Gasteiger partial charge < -0.3 is 44.8 Å². The highest BCUT2D eigenvalue weighted by Crippen LogP contribution is 2.22. The summed E-state index contributed by atoms with van der Waals surface area (Å²) >= 11 is 0. The Hall–Kier alpha value is -2.90. The lowest BCUT2D eigenvalue weighted by Crippen LogP contribution is -2.41. The van der Waals surface area contributed by atoms with E-state index in [2.05, 4.69) is 61.0 Å². The summed E-state index contributed by atoms with van der Waals surface area (Å²) in [5.74, 6) is -1.53. The summed E-state index contributed by atoms with van der Waals surface area (Å²) in [6.45, 7) is 10.1. The molecule has 12 nitrogen and oxygen atoms in total. The first-order valence-electron chi connectivity index (χ1n) is 15.0. The second kappa shape index (κ2) is 23.5. The van der Waals surface area contributed by atoms with Crippen LogP contribution >= 0.6 is 0 Å². The van der Waals surface area contributed by atoms with Crippen LogP contribution in [0.15, 0.2) is 24.3 Å². The molecule has 1 aromatic carbocycles. The number of hydrogen-bond donors (Lipinski definition) is 4. The Morgan fingerprint density at radius 3 is 2.14 bits per heavy atom. The standard InChI is InChI=1S/C31H51N3O9/c1-31(2,3)26-11-9-25(10-12-26)6-4-8-28(36)34-27(30(38)39)7-5-13-32-14-17-40-22-23-43-24-29(37)33-15-18-41-20-21-42-19-16-35/h9-12,16,27,32H,4-8,13-15,17-24H2,1-3H3,(H,33,37)(H,34,36)(H,38,39)/t27-/m0/s1. The maximum absolute atomic E-state index is 12.3. The number of nitrogens with one attached hydrogen (secondary N) is 3. The quantitative estimate of drug-likeness (QED) is 0.0897. The van der Waals surface area contributed by atoms with Crippen molar-refractivity contribution < 1.29 is 43.2 Å². The molecular weight excluding hydrogens is 558 g/mol. The van der Waals surface area contributed by atoms with Crippen molar-refractivity contribution in [1.29, 1.82) is 0 Å². The first-order valence-corrected chi connectivity index (χ1v) is 15.0. The minimum Gasteiger partial charge on any atom is -0.480 e. The summed E-state index contributed by atoms with van der Waals surface area (Å²) in [4.78, 5) is 45.7. The lowest BCUT2D eigenvalue weighted by atomic mass is 9.86. The van der Waals surface area contributed by atoms with Crippen molar-refractivity contribution in [2.75, 3.05) is 72.5 Å². The number of aliphatic carboxylic acids is 1. The van der Waals surface area contributed by atoms with Crippen LogP contribution in [-0.2, 0) is 50.0 Å². The van der Waals surface area contributed by atoms with Crippen LogP contribution in [0.4, 0.5) is 0 Å². The molecule has 0 fully saturated rings. The van der Waals surface area contributed by atoms with Gasteiger partial charge in [-0.3, -0.25) is 9.59 Å². The van der Waals surface area contributed by atoms with Gasteiger partial charge in [0.15, 0.2) is 0 Å². The maximum atomic E-state index is 12.3. The molecule has 0 aliphatic heterocycles. The summed E-state index contributed by atoms with van der Waals surface area (Å²) in [7, 11) is 0. The van der Waals surface area contributed by atoms with E-state index in [1.54, 1.807) is 0 Å². The van der Waals surface area contributed by atoms with Crippen LogP contribution in [0.2, 0.25) is 0 Å². The van der Waals surface area contributed by atoms with Gasteiger partial charge in [-0.25, -0.2) is 4.79 Å². The minimum atomic E-state index is -1.03. The van der Waals surface area contributed by atoms with Gasteiger partial charge in [-0.15, -0.1) is 0 Å². The van der Waals surface area contributed by atoms with E-state index in [0.29, 0.717) is 78.2 Å². The second-order valence-corrected chi connectivity index (χ2v) is 11.0. The number of carbonyl (C=O) groups is 4. The SMILES string of the molecule is CC(C)(C)c1ccc(CCCC(=O)N[C@@H](CCCNCCOCCOCC(=O)NCCOCCOCC=O)C(=O)O)cc1. The number of carbonyl (C=O) groups excluding carboxylic acids is 3. The average molecular weight is 610 g/mol. The van der Waals surface area contributed by atoms with Crippen molar-refractivity contribution in [2.24, 2.45) is 0 Å². The monoisotopic (exact) mass is 609 g/mol. The molecule has 0 saturated carbocycles. The van der Waals surface area contributed by atoms with Crippen molar-refractivity contribution in [3.63, 3.8) is 0 Å². The molecule has 12 heteroatoms. The van der Waals surface area contributed by atoms with E-state index in [4.69, 9.17) is 18.9 Å². The third-order valence-corrected chi connectivity index (χ3v) is 6.32. The van der Waals surface area contributed by atoms with Gasteiger partial charge in [0.25, 0.3) is 0 Å². The molecule has 0 unspecified atom stereocenters. The highest BCUT2D eigenvalue weighted by atomic mass is 16.5. The van der Waals surface area contributed by atoms with Crippen LogP contribution in [-0.4, -0.2) is 108 Å². The smallest absolute Gasteiger partial charge is 0.326 e. The topological polar surface area (TPSA) is 162 Å². The van der Waals surface area contributed by atoms with Gasteiger partial charge in [-0.05, 0) is 48.8 Å². The minimum absolute atomic E-state index is 0.0461. The van der Waals surface area contributed by atoms with Crippen molar-refractivity contribution in [2.45, 2.75) is 64.3 Å². The molecule has 0 spiro atoms. The van der Waals surface area contributed by atoms with Crippen molar-refractivity contribution in [1.82, 2.24) is 16.0 Å². The van der Waals surface area contributed by atoms with E-state index >= 15 is 0 Å². The number of benzene rings is 1. The second-order valence-electron chi connectivity index (χ2n) is 11.0. The largest absolute Gasteiger partial charge is 0.480 e. The summed E-state index contributed by atoms with van der Waals surface area (Å²) in [6.07, 6.45) is 3.30. The number of carboxylic acid groups (broad SMARTS) is 1. The molecule has 1 aromatic rings. The zero-order chi connectivity index (χ0) is 31.8. The van der Waals surface area contributed by atoms with Gasteiger partial charge in [0.05, 0.1) is 39.6 Å². The fraction of sp³-hybridized carbons (Fsp3) is 0.677. The molecule has 0 aromatic heterocycles. The van der Waals surface area contributed by atoms with Crippen LogP contribution in [0.5, 0.6) is 0 Å². The number of rotatable bonds is 26. The third kappa shape index (κ3) is 20.6. The van der Waals surface area contributed by atoms with Crippen LogP contribution in [0.1, 0.15) is 57.6 Å². The molecule has 2 amide bonds. The highest BCUT2D eigenvalue weighted by Gasteiger charge is 2.19. The van der Waals surface area contributed by atoms with Gasteiger partial charge in [0.2, 0.25) is 11.8 Å². The predicted octanol–water partition coefficient (Wildman–Crippen LogP) is 1.63. The van der Waals surface area contributed by atoms with E-state index in [1.165, 1.54) is 5.56 Å². The number of carboxylic acids is 1. The summed E-state index contributed by atoms with van der Waals surface area (Å²) in [5.41, 5.74) is 2.52. The lowest BCUT2D eigenvalue weighted by Gasteiger charge is -2.19. The van der Waals surface area contributed by atoms with Crippen molar-refractivity contribution in [3.05, 3.63) is 35.4 Å². The Balaban J connectivity index is 2.00. The molecule has 1 atom stereocenters.